The molecule has 0 aliphatic heterocycles. The molecule has 0 bridgehead atoms. The van der Waals surface area contributed by atoms with E-state index in [2.05, 4.69) is 5.32 Å². The van der Waals surface area contributed by atoms with Crippen molar-refractivity contribution in [3.05, 3.63) is 35.4 Å². The zero-order valence-electron chi connectivity index (χ0n) is 11.5. The van der Waals surface area contributed by atoms with Gasteiger partial charge < -0.3 is 10.4 Å². The molecule has 2 unspecified atom stereocenters. The first-order valence-corrected chi connectivity index (χ1v) is 6.79. The molecule has 1 aliphatic carbocycles. The summed E-state index contributed by atoms with van der Waals surface area (Å²) in [5.74, 6) is -1.67. The predicted molar refractivity (Wildman–Crippen MR) is 71.0 cm³/mol. The predicted octanol–water partition coefficient (Wildman–Crippen LogP) is 2.17. The molecule has 2 N–H and O–H groups in total. The Hall–Kier alpha value is -1.49. The summed E-state index contributed by atoms with van der Waals surface area (Å²) in [6, 6.07) is 3.10. The van der Waals surface area contributed by atoms with E-state index in [1.54, 1.807) is 0 Å². The van der Waals surface area contributed by atoms with Gasteiger partial charge >= 0.3 is 0 Å². The third-order valence-electron chi connectivity index (χ3n) is 4.14. The highest BCUT2D eigenvalue weighted by atomic mass is 19.1. The number of carbonyl (C=O) groups is 1. The maximum Gasteiger partial charge on any atom is 0.224 e. The lowest BCUT2D eigenvalue weighted by molar-refractivity contribution is -0.122. The molecule has 3 nitrogen and oxygen atoms in total. The van der Waals surface area contributed by atoms with Gasteiger partial charge in [0.2, 0.25) is 5.91 Å². The largest absolute Gasteiger partial charge is 0.396 e. The second kappa shape index (κ2) is 5.87. The van der Waals surface area contributed by atoms with Gasteiger partial charge in [0.25, 0.3) is 0 Å². The van der Waals surface area contributed by atoms with Crippen molar-refractivity contribution >= 4 is 5.91 Å². The zero-order chi connectivity index (χ0) is 14.8. The Bertz CT molecular complexity index is 507. The molecule has 0 radical (unpaired) electrons. The van der Waals surface area contributed by atoms with E-state index in [-0.39, 0.29) is 36.0 Å². The molecule has 2 atom stereocenters. The Labute approximate surface area is 117 Å². The number of hydrogen-bond acceptors (Lipinski definition) is 2. The molecule has 20 heavy (non-hydrogen) atoms. The Kier molecular flexibility index (Phi) is 4.38. The van der Waals surface area contributed by atoms with Crippen molar-refractivity contribution < 1.29 is 18.7 Å². The maximum absolute atomic E-state index is 13.5. The minimum Gasteiger partial charge on any atom is -0.396 e. The molecule has 1 amide bonds. The van der Waals surface area contributed by atoms with Crippen LogP contribution in [0.15, 0.2) is 18.2 Å². The molecule has 0 aromatic heterocycles. The topological polar surface area (TPSA) is 49.3 Å². The Balaban J connectivity index is 1.99. The molecule has 0 heterocycles. The number of aliphatic hydroxyl groups excluding tert-OH is 1. The van der Waals surface area contributed by atoms with Crippen molar-refractivity contribution in [1.29, 1.82) is 0 Å². The van der Waals surface area contributed by atoms with Gasteiger partial charge in [0, 0.05) is 17.5 Å². The number of benzene rings is 1. The Morgan fingerprint density at radius 1 is 1.50 bits per heavy atom. The zero-order valence-corrected chi connectivity index (χ0v) is 11.5. The minimum absolute atomic E-state index is 0.0167. The van der Waals surface area contributed by atoms with E-state index in [0.717, 1.165) is 31.4 Å². The fourth-order valence-electron chi connectivity index (χ4n) is 2.75. The van der Waals surface area contributed by atoms with Crippen LogP contribution in [0.5, 0.6) is 0 Å². The van der Waals surface area contributed by atoms with Crippen LogP contribution in [0.25, 0.3) is 0 Å². The Morgan fingerprint density at radius 3 is 2.90 bits per heavy atom. The number of rotatable bonds is 4. The van der Waals surface area contributed by atoms with Crippen molar-refractivity contribution in [2.24, 2.45) is 5.41 Å². The average Bonchev–Trinajstić information content (AvgIpc) is 2.75. The van der Waals surface area contributed by atoms with Gasteiger partial charge in [-0.2, -0.15) is 0 Å². The lowest BCUT2D eigenvalue weighted by Crippen LogP contribution is -2.45. The number of aliphatic hydroxyl groups is 1. The van der Waals surface area contributed by atoms with Crippen LogP contribution >= 0.6 is 0 Å². The van der Waals surface area contributed by atoms with E-state index in [0.29, 0.717) is 0 Å². The van der Waals surface area contributed by atoms with Gasteiger partial charge in [-0.3, -0.25) is 4.79 Å². The van der Waals surface area contributed by atoms with Gasteiger partial charge in [0.05, 0.1) is 13.0 Å². The van der Waals surface area contributed by atoms with Crippen LogP contribution in [0.3, 0.4) is 0 Å². The highest BCUT2D eigenvalue weighted by Crippen LogP contribution is 2.37. The third kappa shape index (κ3) is 3.15. The molecule has 0 saturated heterocycles. The van der Waals surface area contributed by atoms with E-state index in [9.17, 15) is 18.7 Å². The standard InChI is InChI=1S/C15H19F2NO2/c1-15(9-19)6-2-3-13(15)18-14(20)7-10-4-5-11(16)8-12(10)17/h4-5,8,13,19H,2-3,6-7,9H2,1H3,(H,18,20). The smallest absolute Gasteiger partial charge is 0.224 e. The highest BCUT2D eigenvalue weighted by molar-refractivity contribution is 5.79. The number of carbonyl (C=O) groups excluding carboxylic acids is 1. The van der Waals surface area contributed by atoms with E-state index >= 15 is 0 Å². The summed E-state index contributed by atoms with van der Waals surface area (Å²) in [4.78, 5) is 12.0. The van der Waals surface area contributed by atoms with Crippen LogP contribution in [-0.2, 0) is 11.2 Å². The van der Waals surface area contributed by atoms with Crippen LogP contribution in [0, 0.1) is 17.0 Å². The highest BCUT2D eigenvalue weighted by Gasteiger charge is 2.39. The molecule has 1 saturated carbocycles. The summed E-state index contributed by atoms with van der Waals surface area (Å²) in [5.41, 5.74) is -0.135. The van der Waals surface area contributed by atoms with E-state index in [1.165, 1.54) is 6.07 Å². The number of amides is 1. The van der Waals surface area contributed by atoms with Crippen LogP contribution in [0.2, 0.25) is 0 Å². The first kappa shape index (κ1) is 14.9. The second-order valence-electron chi connectivity index (χ2n) is 5.74. The number of nitrogens with one attached hydrogen (secondary N) is 1. The second-order valence-corrected chi connectivity index (χ2v) is 5.74. The maximum atomic E-state index is 13.5. The summed E-state index contributed by atoms with van der Waals surface area (Å²) < 4.78 is 26.3. The van der Waals surface area contributed by atoms with Gasteiger partial charge in [-0.1, -0.05) is 19.4 Å². The van der Waals surface area contributed by atoms with Crippen molar-refractivity contribution in [2.45, 2.75) is 38.6 Å². The first-order valence-electron chi connectivity index (χ1n) is 6.79. The van der Waals surface area contributed by atoms with Gasteiger partial charge in [0.15, 0.2) is 0 Å². The van der Waals surface area contributed by atoms with Gasteiger partial charge in [0.1, 0.15) is 11.6 Å². The fraction of sp³-hybridized carbons (Fsp3) is 0.533. The van der Waals surface area contributed by atoms with Crippen LogP contribution in [-0.4, -0.2) is 23.7 Å². The molecule has 5 heteroatoms. The molecule has 1 aromatic carbocycles. The Morgan fingerprint density at radius 2 is 2.25 bits per heavy atom. The van der Waals surface area contributed by atoms with Crippen molar-refractivity contribution in [3.8, 4) is 0 Å². The number of halogens is 2. The quantitative estimate of drug-likeness (QED) is 0.889. The van der Waals surface area contributed by atoms with E-state index < -0.39 is 11.6 Å². The van der Waals surface area contributed by atoms with Crippen molar-refractivity contribution in [1.82, 2.24) is 5.32 Å². The number of hydrogen-bond donors (Lipinski definition) is 2. The molecular formula is C15H19F2NO2. The van der Waals surface area contributed by atoms with Gasteiger partial charge in [-0.05, 0) is 24.5 Å². The first-order chi connectivity index (χ1) is 9.44. The summed E-state index contributed by atoms with van der Waals surface area (Å²) in [7, 11) is 0. The summed E-state index contributed by atoms with van der Waals surface area (Å²) in [6.45, 7) is 1.95. The molecule has 110 valence electrons. The minimum atomic E-state index is -0.712. The lowest BCUT2D eigenvalue weighted by Gasteiger charge is -2.30. The van der Waals surface area contributed by atoms with Crippen molar-refractivity contribution in [3.63, 3.8) is 0 Å². The summed E-state index contributed by atoms with van der Waals surface area (Å²) >= 11 is 0. The molecule has 2 rings (SSSR count). The SMILES string of the molecule is CC1(CO)CCCC1NC(=O)Cc1ccc(F)cc1F. The van der Waals surface area contributed by atoms with Crippen LogP contribution in [0.4, 0.5) is 8.78 Å². The fourth-order valence-corrected chi connectivity index (χ4v) is 2.75. The molecule has 1 aliphatic rings. The normalized spacial score (nSPS) is 25.7. The summed E-state index contributed by atoms with van der Waals surface area (Å²) in [5, 5.41) is 12.3. The average molecular weight is 283 g/mol. The summed E-state index contributed by atoms with van der Waals surface area (Å²) in [6.07, 6.45) is 2.51. The molecule has 0 spiro atoms. The van der Waals surface area contributed by atoms with E-state index in [4.69, 9.17) is 0 Å². The van der Waals surface area contributed by atoms with E-state index in [1.807, 2.05) is 6.92 Å². The van der Waals surface area contributed by atoms with Gasteiger partial charge in [-0.25, -0.2) is 8.78 Å². The molecule has 1 aromatic rings. The lowest BCUT2D eigenvalue weighted by atomic mass is 9.85. The van der Waals surface area contributed by atoms with Crippen molar-refractivity contribution in [2.75, 3.05) is 6.61 Å². The van der Waals surface area contributed by atoms with Crippen LogP contribution < -0.4 is 5.32 Å². The van der Waals surface area contributed by atoms with Gasteiger partial charge in [-0.15, -0.1) is 0 Å². The monoisotopic (exact) mass is 283 g/mol. The van der Waals surface area contributed by atoms with Crippen LogP contribution in [0.1, 0.15) is 31.7 Å². The molecule has 1 fully saturated rings. The third-order valence-corrected chi connectivity index (χ3v) is 4.14. The molecular weight excluding hydrogens is 264 g/mol.